The highest BCUT2D eigenvalue weighted by Gasteiger charge is 2.31. The molecule has 1 aromatic carbocycles. The van der Waals surface area contributed by atoms with E-state index in [4.69, 9.17) is 10.5 Å². The van der Waals surface area contributed by atoms with Crippen LogP contribution in [0.1, 0.15) is 17.3 Å². The number of Topliss-reactive ketones (excluding diaryl/α,β-unsaturated/α-hetero) is 1. The molecule has 1 atom stereocenters. The van der Waals surface area contributed by atoms with Crippen LogP contribution in [0.3, 0.4) is 0 Å². The van der Waals surface area contributed by atoms with Gasteiger partial charge in [-0.1, -0.05) is 0 Å². The monoisotopic (exact) mass is 232 g/mol. The molecular formula is C12H12N2O3. The van der Waals surface area contributed by atoms with Crippen molar-refractivity contribution in [1.82, 2.24) is 0 Å². The highest BCUT2D eigenvalue weighted by atomic mass is 16.5. The normalized spacial score (nSPS) is 17.7. The van der Waals surface area contributed by atoms with E-state index >= 15 is 0 Å². The van der Waals surface area contributed by atoms with Gasteiger partial charge in [0, 0.05) is 17.5 Å². The molecule has 2 N–H and O–H groups in total. The topological polar surface area (TPSA) is 81.8 Å². The molecule has 0 bridgehead atoms. The molecule has 1 aromatic rings. The summed E-state index contributed by atoms with van der Waals surface area (Å²) in [5.74, 6) is -1.85. The largest absolute Gasteiger partial charge is 0.465 e. The van der Waals surface area contributed by atoms with Crippen LogP contribution in [0.5, 0.6) is 0 Å². The molecule has 88 valence electrons. The van der Waals surface area contributed by atoms with Crippen LogP contribution in [0.25, 0.3) is 0 Å². The van der Waals surface area contributed by atoms with Crippen LogP contribution in [0, 0.1) is 5.92 Å². The number of benzene rings is 1. The average molecular weight is 232 g/mol. The predicted molar refractivity (Wildman–Crippen MR) is 63.5 cm³/mol. The summed E-state index contributed by atoms with van der Waals surface area (Å²) in [7, 11) is 0. The maximum Gasteiger partial charge on any atom is 0.322 e. The van der Waals surface area contributed by atoms with Gasteiger partial charge in [0.25, 0.3) is 0 Å². The number of aliphatic imine (C=N–C) groups is 1. The summed E-state index contributed by atoms with van der Waals surface area (Å²) in [5, 5.41) is 0. The van der Waals surface area contributed by atoms with E-state index in [1.54, 1.807) is 19.1 Å². The number of fused-ring (bicyclic) bond motifs is 1. The number of nitrogens with zero attached hydrogens (tertiary/aromatic N) is 1. The van der Waals surface area contributed by atoms with Crippen molar-refractivity contribution in [2.45, 2.75) is 6.92 Å². The molecule has 5 nitrogen and oxygen atoms in total. The first-order valence-electron chi connectivity index (χ1n) is 5.28. The molecule has 0 fully saturated rings. The summed E-state index contributed by atoms with van der Waals surface area (Å²) in [6.07, 6.45) is 1.32. The van der Waals surface area contributed by atoms with Crippen molar-refractivity contribution in [2.75, 3.05) is 12.3 Å². The standard InChI is InChI=1S/C12H12N2O3/c1-2-17-12(16)9-6-14-10-4-3-7(13)5-8(10)11(9)15/h3-6,9H,2,13H2,1H3. The molecule has 0 aliphatic carbocycles. The van der Waals surface area contributed by atoms with E-state index in [9.17, 15) is 9.59 Å². The number of hydrogen-bond acceptors (Lipinski definition) is 5. The fourth-order valence-electron chi connectivity index (χ4n) is 1.65. The van der Waals surface area contributed by atoms with Crippen LogP contribution in [0.15, 0.2) is 23.2 Å². The molecule has 2 rings (SSSR count). The zero-order valence-corrected chi connectivity index (χ0v) is 9.34. The Morgan fingerprint density at radius 3 is 3.00 bits per heavy atom. The van der Waals surface area contributed by atoms with E-state index in [0.717, 1.165) is 0 Å². The SMILES string of the molecule is CCOC(=O)C1C=Nc2ccc(N)cc2C1=O. The van der Waals surface area contributed by atoms with Crippen LogP contribution < -0.4 is 5.73 Å². The smallest absolute Gasteiger partial charge is 0.322 e. The van der Waals surface area contributed by atoms with E-state index in [1.165, 1.54) is 12.3 Å². The number of nitrogen functional groups attached to an aromatic ring is 1. The third kappa shape index (κ3) is 2.04. The number of carbonyl (C=O) groups is 2. The van der Waals surface area contributed by atoms with Crippen molar-refractivity contribution in [2.24, 2.45) is 10.9 Å². The lowest BCUT2D eigenvalue weighted by Crippen LogP contribution is -2.29. The predicted octanol–water partition coefficient (Wildman–Crippen LogP) is 1.35. The van der Waals surface area contributed by atoms with Gasteiger partial charge >= 0.3 is 5.97 Å². The van der Waals surface area contributed by atoms with E-state index in [1.807, 2.05) is 0 Å². The van der Waals surface area contributed by atoms with Gasteiger partial charge in [0.2, 0.25) is 0 Å². The van der Waals surface area contributed by atoms with Gasteiger partial charge in [0.05, 0.1) is 12.3 Å². The summed E-state index contributed by atoms with van der Waals surface area (Å²) in [5.41, 5.74) is 6.97. The zero-order valence-electron chi connectivity index (χ0n) is 9.34. The number of anilines is 1. The van der Waals surface area contributed by atoms with Crippen LogP contribution in [-0.2, 0) is 9.53 Å². The molecule has 1 unspecified atom stereocenters. The second-order valence-electron chi connectivity index (χ2n) is 3.65. The van der Waals surface area contributed by atoms with Crippen LogP contribution in [-0.4, -0.2) is 24.6 Å². The molecule has 0 amide bonds. The average Bonchev–Trinajstić information content (AvgIpc) is 2.30. The molecule has 1 aliphatic heterocycles. The van der Waals surface area contributed by atoms with Crippen molar-refractivity contribution in [3.63, 3.8) is 0 Å². The third-order valence-electron chi connectivity index (χ3n) is 2.47. The van der Waals surface area contributed by atoms with Gasteiger partial charge in [-0.15, -0.1) is 0 Å². The summed E-state index contributed by atoms with van der Waals surface area (Å²) < 4.78 is 4.81. The number of hydrogen-bond donors (Lipinski definition) is 1. The number of rotatable bonds is 2. The maximum atomic E-state index is 12.0. The molecule has 5 heteroatoms. The molecule has 0 saturated heterocycles. The first-order chi connectivity index (χ1) is 8.13. The second kappa shape index (κ2) is 4.37. The quantitative estimate of drug-likeness (QED) is 0.474. The lowest BCUT2D eigenvalue weighted by molar-refractivity contribution is -0.143. The molecule has 0 aromatic heterocycles. The van der Waals surface area contributed by atoms with Gasteiger partial charge in [-0.05, 0) is 25.1 Å². The highest BCUT2D eigenvalue weighted by Crippen LogP contribution is 2.28. The molecule has 1 aliphatic rings. The minimum Gasteiger partial charge on any atom is -0.465 e. The van der Waals surface area contributed by atoms with Gasteiger partial charge in [0.15, 0.2) is 11.7 Å². The van der Waals surface area contributed by atoms with Gasteiger partial charge < -0.3 is 10.5 Å². The Hall–Kier alpha value is -2.17. The zero-order chi connectivity index (χ0) is 12.4. The van der Waals surface area contributed by atoms with Crippen molar-refractivity contribution in [1.29, 1.82) is 0 Å². The molecule has 0 radical (unpaired) electrons. The summed E-state index contributed by atoms with van der Waals surface area (Å²) in [6.45, 7) is 1.93. The van der Waals surface area contributed by atoms with Crippen LogP contribution in [0.4, 0.5) is 11.4 Å². The molecule has 1 heterocycles. The fraction of sp³-hybridized carbons (Fsp3) is 0.250. The van der Waals surface area contributed by atoms with E-state index in [0.29, 0.717) is 16.9 Å². The van der Waals surface area contributed by atoms with Crippen LogP contribution in [0.2, 0.25) is 0 Å². The molecule has 17 heavy (non-hydrogen) atoms. The number of carbonyl (C=O) groups excluding carboxylic acids is 2. The Morgan fingerprint density at radius 1 is 1.53 bits per heavy atom. The fourth-order valence-corrected chi connectivity index (χ4v) is 1.65. The Labute approximate surface area is 98.3 Å². The number of esters is 1. The first-order valence-corrected chi connectivity index (χ1v) is 5.28. The second-order valence-corrected chi connectivity index (χ2v) is 3.65. The van der Waals surface area contributed by atoms with Gasteiger partial charge in [-0.3, -0.25) is 14.6 Å². The Morgan fingerprint density at radius 2 is 2.29 bits per heavy atom. The lowest BCUT2D eigenvalue weighted by atomic mass is 9.94. The Balaban J connectivity index is 2.35. The maximum absolute atomic E-state index is 12.0. The van der Waals surface area contributed by atoms with E-state index < -0.39 is 11.9 Å². The van der Waals surface area contributed by atoms with E-state index in [-0.39, 0.29) is 12.4 Å². The Kier molecular flexibility index (Phi) is 2.91. The van der Waals surface area contributed by atoms with Crippen molar-refractivity contribution in [3.05, 3.63) is 23.8 Å². The minimum absolute atomic E-state index is 0.236. The summed E-state index contributed by atoms with van der Waals surface area (Å²) >= 11 is 0. The Bertz CT molecular complexity index is 508. The minimum atomic E-state index is -0.954. The van der Waals surface area contributed by atoms with Crippen molar-refractivity contribution >= 4 is 29.3 Å². The van der Waals surface area contributed by atoms with Crippen molar-refractivity contribution in [3.8, 4) is 0 Å². The number of ketones is 1. The first kappa shape index (κ1) is 11.3. The van der Waals surface area contributed by atoms with Crippen LogP contribution >= 0.6 is 0 Å². The van der Waals surface area contributed by atoms with Crippen molar-refractivity contribution < 1.29 is 14.3 Å². The number of nitrogens with two attached hydrogens (primary N) is 1. The summed E-state index contributed by atoms with van der Waals surface area (Å²) in [6, 6.07) is 4.84. The molecular weight excluding hydrogens is 220 g/mol. The number of ether oxygens (including phenoxy) is 1. The van der Waals surface area contributed by atoms with Gasteiger partial charge in [-0.2, -0.15) is 0 Å². The third-order valence-corrected chi connectivity index (χ3v) is 2.47. The lowest BCUT2D eigenvalue weighted by Gasteiger charge is -2.16. The molecule has 0 saturated carbocycles. The van der Waals surface area contributed by atoms with Gasteiger partial charge in [0.1, 0.15) is 0 Å². The summed E-state index contributed by atoms with van der Waals surface area (Å²) in [4.78, 5) is 27.6. The highest BCUT2D eigenvalue weighted by molar-refractivity contribution is 6.22. The van der Waals surface area contributed by atoms with E-state index in [2.05, 4.69) is 4.99 Å². The van der Waals surface area contributed by atoms with Gasteiger partial charge in [-0.25, -0.2) is 0 Å². The molecule has 0 spiro atoms.